The summed E-state index contributed by atoms with van der Waals surface area (Å²) in [6.45, 7) is 7.94. The highest BCUT2D eigenvalue weighted by Gasteiger charge is 2.07. The Kier molecular flexibility index (Phi) is 2.87. The lowest BCUT2D eigenvalue weighted by Gasteiger charge is -2.04. The van der Waals surface area contributed by atoms with Gasteiger partial charge in [-0.3, -0.25) is 0 Å². The van der Waals surface area contributed by atoms with Crippen LogP contribution in [0.3, 0.4) is 0 Å². The van der Waals surface area contributed by atoms with Crippen LogP contribution >= 0.6 is 0 Å². The zero-order valence-electron chi connectivity index (χ0n) is 8.09. The van der Waals surface area contributed by atoms with E-state index in [1.807, 2.05) is 6.92 Å². The monoisotopic (exact) mass is 167 g/mol. The maximum Gasteiger partial charge on any atom is 0.110 e. The van der Waals surface area contributed by atoms with Crippen molar-refractivity contribution >= 4 is 0 Å². The Hall–Kier alpha value is -0.830. The molecule has 0 fully saturated rings. The minimum atomic E-state index is 0.676. The van der Waals surface area contributed by atoms with E-state index in [-0.39, 0.29) is 0 Å². The summed E-state index contributed by atoms with van der Waals surface area (Å²) in [5.74, 6) is 1.12. The van der Waals surface area contributed by atoms with Gasteiger partial charge in [0.05, 0.1) is 5.69 Å². The van der Waals surface area contributed by atoms with Gasteiger partial charge in [0.2, 0.25) is 0 Å². The molecule has 0 aromatic carbocycles. The standard InChI is InChI=1S/C9H17N3/c1-4-12-8(3)7(2)11-9(12)5-6-10/h4-6,10H2,1-3H3. The van der Waals surface area contributed by atoms with E-state index >= 15 is 0 Å². The fraction of sp³-hybridized carbons (Fsp3) is 0.667. The lowest BCUT2D eigenvalue weighted by molar-refractivity contribution is 0.676. The number of nitrogens with two attached hydrogens (primary N) is 1. The molecular weight excluding hydrogens is 150 g/mol. The quantitative estimate of drug-likeness (QED) is 0.730. The van der Waals surface area contributed by atoms with E-state index in [2.05, 4.69) is 23.4 Å². The first-order chi connectivity index (χ1) is 5.70. The van der Waals surface area contributed by atoms with E-state index in [1.54, 1.807) is 0 Å². The van der Waals surface area contributed by atoms with E-state index in [4.69, 9.17) is 5.73 Å². The highest BCUT2D eigenvalue weighted by molar-refractivity contribution is 5.14. The second-order valence-electron chi connectivity index (χ2n) is 2.98. The van der Waals surface area contributed by atoms with Crippen LogP contribution in [-0.2, 0) is 13.0 Å². The van der Waals surface area contributed by atoms with Crippen LogP contribution in [0.15, 0.2) is 0 Å². The topological polar surface area (TPSA) is 43.8 Å². The number of aryl methyl sites for hydroxylation is 1. The first-order valence-electron chi connectivity index (χ1n) is 4.43. The summed E-state index contributed by atoms with van der Waals surface area (Å²) >= 11 is 0. The third-order valence-electron chi connectivity index (χ3n) is 2.22. The smallest absolute Gasteiger partial charge is 0.110 e. The molecule has 0 aliphatic rings. The van der Waals surface area contributed by atoms with Crippen molar-refractivity contribution in [1.29, 1.82) is 0 Å². The summed E-state index contributed by atoms with van der Waals surface area (Å²) in [7, 11) is 0. The molecule has 0 radical (unpaired) electrons. The van der Waals surface area contributed by atoms with Crippen LogP contribution in [0.2, 0.25) is 0 Å². The normalized spacial score (nSPS) is 10.7. The molecule has 68 valence electrons. The second-order valence-corrected chi connectivity index (χ2v) is 2.98. The SMILES string of the molecule is CCn1c(CCN)nc(C)c1C. The fourth-order valence-corrected chi connectivity index (χ4v) is 1.46. The molecule has 3 nitrogen and oxygen atoms in total. The van der Waals surface area contributed by atoms with Crippen LogP contribution in [0.25, 0.3) is 0 Å². The van der Waals surface area contributed by atoms with E-state index in [1.165, 1.54) is 5.69 Å². The molecule has 0 saturated carbocycles. The summed E-state index contributed by atoms with van der Waals surface area (Å²) in [5.41, 5.74) is 7.88. The average Bonchev–Trinajstić information content (AvgIpc) is 2.29. The van der Waals surface area contributed by atoms with E-state index < -0.39 is 0 Å². The lowest BCUT2D eigenvalue weighted by atomic mass is 10.4. The number of hydrogen-bond donors (Lipinski definition) is 1. The molecule has 3 heteroatoms. The molecule has 0 amide bonds. The zero-order chi connectivity index (χ0) is 9.14. The second kappa shape index (κ2) is 3.72. The third kappa shape index (κ3) is 1.50. The Morgan fingerprint density at radius 3 is 2.58 bits per heavy atom. The minimum Gasteiger partial charge on any atom is -0.332 e. The summed E-state index contributed by atoms with van der Waals surface area (Å²) in [6, 6.07) is 0. The van der Waals surface area contributed by atoms with Crippen molar-refractivity contribution in [3.05, 3.63) is 17.2 Å². The Morgan fingerprint density at radius 1 is 1.42 bits per heavy atom. The number of rotatable bonds is 3. The maximum atomic E-state index is 5.49. The minimum absolute atomic E-state index is 0.676. The highest BCUT2D eigenvalue weighted by Crippen LogP contribution is 2.09. The Labute approximate surface area is 73.6 Å². The number of nitrogens with zero attached hydrogens (tertiary/aromatic N) is 2. The van der Waals surface area contributed by atoms with Gasteiger partial charge in [-0.15, -0.1) is 0 Å². The molecule has 1 aromatic rings. The summed E-state index contributed by atoms with van der Waals surface area (Å²) in [5, 5.41) is 0. The van der Waals surface area contributed by atoms with Crippen molar-refractivity contribution in [2.24, 2.45) is 5.73 Å². The van der Waals surface area contributed by atoms with Crippen LogP contribution < -0.4 is 5.73 Å². The van der Waals surface area contributed by atoms with Gasteiger partial charge in [0, 0.05) is 18.7 Å². The fourth-order valence-electron chi connectivity index (χ4n) is 1.46. The van der Waals surface area contributed by atoms with Crippen molar-refractivity contribution in [2.45, 2.75) is 33.7 Å². The molecule has 1 heterocycles. The molecule has 1 aromatic heterocycles. The average molecular weight is 167 g/mol. The predicted octanol–water partition coefficient (Wildman–Crippen LogP) is 1.02. The molecule has 0 aliphatic heterocycles. The van der Waals surface area contributed by atoms with Gasteiger partial charge in [0.25, 0.3) is 0 Å². The molecule has 0 saturated heterocycles. The Morgan fingerprint density at radius 2 is 2.08 bits per heavy atom. The van der Waals surface area contributed by atoms with Gasteiger partial charge in [-0.05, 0) is 27.3 Å². The first-order valence-corrected chi connectivity index (χ1v) is 4.43. The number of aromatic nitrogens is 2. The van der Waals surface area contributed by atoms with Crippen LogP contribution in [0.5, 0.6) is 0 Å². The van der Waals surface area contributed by atoms with Gasteiger partial charge < -0.3 is 10.3 Å². The van der Waals surface area contributed by atoms with Crippen LogP contribution in [-0.4, -0.2) is 16.1 Å². The lowest BCUT2D eigenvalue weighted by Crippen LogP contribution is -2.10. The van der Waals surface area contributed by atoms with Gasteiger partial charge in [-0.2, -0.15) is 0 Å². The van der Waals surface area contributed by atoms with Crippen LogP contribution in [0, 0.1) is 13.8 Å². The molecule has 0 spiro atoms. The van der Waals surface area contributed by atoms with Crippen LogP contribution in [0.4, 0.5) is 0 Å². The van der Waals surface area contributed by atoms with Gasteiger partial charge in [-0.25, -0.2) is 4.98 Å². The van der Waals surface area contributed by atoms with Gasteiger partial charge in [-0.1, -0.05) is 0 Å². The molecule has 0 atom stereocenters. The van der Waals surface area contributed by atoms with Gasteiger partial charge in [0.15, 0.2) is 0 Å². The summed E-state index contributed by atoms with van der Waals surface area (Å²) < 4.78 is 2.22. The largest absolute Gasteiger partial charge is 0.332 e. The van der Waals surface area contributed by atoms with E-state index in [0.29, 0.717) is 6.54 Å². The van der Waals surface area contributed by atoms with Gasteiger partial charge >= 0.3 is 0 Å². The van der Waals surface area contributed by atoms with Gasteiger partial charge in [0.1, 0.15) is 5.82 Å². The highest BCUT2D eigenvalue weighted by atomic mass is 15.1. The Balaban J connectivity index is 3.02. The zero-order valence-corrected chi connectivity index (χ0v) is 8.09. The van der Waals surface area contributed by atoms with E-state index in [0.717, 1.165) is 24.5 Å². The maximum absolute atomic E-state index is 5.49. The first kappa shape index (κ1) is 9.26. The van der Waals surface area contributed by atoms with Crippen LogP contribution in [0.1, 0.15) is 24.1 Å². The molecule has 0 aliphatic carbocycles. The Bertz CT molecular complexity index is 263. The molecule has 0 unspecified atom stereocenters. The molecule has 0 bridgehead atoms. The molecular formula is C9H17N3. The number of hydrogen-bond acceptors (Lipinski definition) is 2. The summed E-state index contributed by atoms with van der Waals surface area (Å²) in [4.78, 5) is 4.45. The van der Waals surface area contributed by atoms with Crippen molar-refractivity contribution in [3.63, 3.8) is 0 Å². The van der Waals surface area contributed by atoms with Crippen molar-refractivity contribution in [3.8, 4) is 0 Å². The number of imidazole rings is 1. The molecule has 1 rings (SSSR count). The molecule has 2 N–H and O–H groups in total. The predicted molar refractivity (Wildman–Crippen MR) is 50.1 cm³/mol. The van der Waals surface area contributed by atoms with E-state index in [9.17, 15) is 0 Å². The van der Waals surface area contributed by atoms with Crippen molar-refractivity contribution in [1.82, 2.24) is 9.55 Å². The summed E-state index contributed by atoms with van der Waals surface area (Å²) in [6.07, 6.45) is 0.878. The molecule has 12 heavy (non-hydrogen) atoms. The van der Waals surface area contributed by atoms with Crippen molar-refractivity contribution < 1.29 is 0 Å². The third-order valence-corrected chi connectivity index (χ3v) is 2.22. The van der Waals surface area contributed by atoms with Crippen molar-refractivity contribution in [2.75, 3.05) is 6.54 Å².